The first-order valence-electron chi connectivity index (χ1n) is 10.3. The number of nitrogens with one attached hydrogen (secondary N) is 2. The van der Waals surface area contributed by atoms with Gasteiger partial charge in [0.25, 0.3) is 5.91 Å². The summed E-state index contributed by atoms with van der Waals surface area (Å²) in [6, 6.07) is 16.0. The summed E-state index contributed by atoms with van der Waals surface area (Å²) in [6.07, 6.45) is 1.65. The molecule has 0 fully saturated rings. The van der Waals surface area contributed by atoms with Crippen LogP contribution in [0.2, 0.25) is 0 Å². The van der Waals surface area contributed by atoms with E-state index in [-0.39, 0.29) is 5.91 Å². The zero-order chi connectivity index (χ0) is 22.7. The van der Waals surface area contributed by atoms with Crippen LogP contribution < -0.4 is 16.5 Å². The van der Waals surface area contributed by atoms with Crippen molar-refractivity contribution >= 4 is 56.0 Å². The second-order valence-electron chi connectivity index (χ2n) is 7.85. The van der Waals surface area contributed by atoms with Crippen LogP contribution in [0.4, 0.5) is 11.5 Å². The molecule has 0 bridgehead atoms. The lowest BCUT2D eigenvalue weighted by Gasteiger charge is -2.11. The molecule has 8 heteroatoms. The molecule has 0 aliphatic rings. The lowest BCUT2D eigenvalue weighted by Crippen LogP contribution is -2.21. The van der Waals surface area contributed by atoms with Gasteiger partial charge in [-0.25, -0.2) is 10.4 Å². The number of hydrogen-bond acceptors (Lipinski definition) is 7. The quantitative estimate of drug-likeness (QED) is 0.294. The molecule has 32 heavy (non-hydrogen) atoms. The molecule has 0 aliphatic heterocycles. The van der Waals surface area contributed by atoms with Crippen LogP contribution in [0, 0.1) is 6.92 Å². The number of nitrogens with two attached hydrogens (primary N) is 1. The van der Waals surface area contributed by atoms with Crippen molar-refractivity contribution in [2.45, 2.75) is 6.92 Å². The van der Waals surface area contributed by atoms with Gasteiger partial charge in [-0.3, -0.25) is 4.79 Å². The first kappa shape index (κ1) is 21.7. The fourth-order valence-corrected chi connectivity index (χ4v) is 4.61. The van der Waals surface area contributed by atoms with Crippen molar-refractivity contribution < 1.29 is 4.79 Å². The molecule has 2 aromatic heterocycles. The largest absolute Gasteiger partial charge is 0.397 e. The zero-order valence-electron chi connectivity index (χ0n) is 18.3. The minimum absolute atomic E-state index is 0.344. The standard InChI is InChI=1S/C24H26N6OS/c1-15-13-19(26-11-12-30(2)3)28-24-20(15)21(25)22(32-24)23(31)29-27-14-17-9-6-8-16-7-4-5-10-18(16)17/h4-10,13-14H,11-12,25H2,1-3H3,(H,26,28)(H,29,31)/b27-14+. The smallest absolute Gasteiger partial charge is 0.283 e. The minimum atomic E-state index is -0.344. The number of likely N-dealkylation sites (N-methyl/N-ethyl adjacent to an activating group) is 1. The van der Waals surface area contributed by atoms with Crippen LogP contribution in [0.25, 0.3) is 21.0 Å². The number of thiophene rings is 1. The topological polar surface area (TPSA) is 95.6 Å². The maximum Gasteiger partial charge on any atom is 0.283 e. The number of anilines is 2. The number of aromatic nitrogens is 1. The van der Waals surface area contributed by atoms with E-state index >= 15 is 0 Å². The predicted octanol–water partition coefficient (Wildman–Crippen LogP) is 4.08. The third kappa shape index (κ3) is 4.56. The molecule has 0 saturated carbocycles. The normalized spacial score (nSPS) is 11.6. The highest BCUT2D eigenvalue weighted by Crippen LogP contribution is 2.35. The number of nitrogens with zero attached hydrogens (tertiary/aromatic N) is 3. The number of carbonyl (C=O) groups is 1. The zero-order valence-corrected chi connectivity index (χ0v) is 19.2. The Morgan fingerprint density at radius 1 is 1.22 bits per heavy atom. The van der Waals surface area contributed by atoms with E-state index in [0.29, 0.717) is 10.6 Å². The van der Waals surface area contributed by atoms with E-state index in [4.69, 9.17) is 5.73 Å². The van der Waals surface area contributed by atoms with Gasteiger partial charge in [-0.1, -0.05) is 42.5 Å². The Bertz CT molecular complexity index is 1310. The van der Waals surface area contributed by atoms with Gasteiger partial charge in [0.1, 0.15) is 15.5 Å². The molecule has 0 atom stereocenters. The van der Waals surface area contributed by atoms with Gasteiger partial charge in [-0.05, 0) is 43.4 Å². The average molecular weight is 447 g/mol. The number of aryl methyl sites for hydroxylation is 1. The number of amides is 1. The molecule has 7 nitrogen and oxygen atoms in total. The fourth-order valence-electron chi connectivity index (χ4n) is 3.55. The van der Waals surface area contributed by atoms with E-state index in [9.17, 15) is 4.79 Å². The van der Waals surface area contributed by atoms with Gasteiger partial charge in [-0.2, -0.15) is 5.10 Å². The van der Waals surface area contributed by atoms with Gasteiger partial charge in [0.15, 0.2) is 0 Å². The van der Waals surface area contributed by atoms with E-state index in [2.05, 4.69) is 25.7 Å². The van der Waals surface area contributed by atoms with Crippen LogP contribution in [0.1, 0.15) is 20.8 Å². The molecule has 4 N–H and O–H groups in total. The number of carbonyl (C=O) groups excluding carboxylic acids is 1. The molecule has 4 aromatic rings. The highest BCUT2D eigenvalue weighted by Gasteiger charge is 2.19. The lowest BCUT2D eigenvalue weighted by atomic mass is 10.1. The highest BCUT2D eigenvalue weighted by molar-refractivity contribution is 7.21. The molecule has 4 rings (SSSR count). The van der Waals surface area contributed by atoms with Crippen LogP contribution in [0.15, 0.2) is 53.6 Å². The van der Waals surface area contributed by atoms with E-state index in [1.54, 1.807) is 6.21 Å². The molecular formula is C24H26N6OS. The number of nitrogen functional groups attached to an aromatic ring is 1. The summed E-state index contributed by atoms with van der Waals surface area (Å²) in [7, 11) is 4.05. The van der Waals surface area contributed by atoms with Crippen molar-refractivity contribution in [3.63, 3.8) is 0 Å². The van der Waals surface area contributed by atoms with Crippen LogP contribution in [0.5, 0.6) is 0 Å². The average Bonchev–Trinajstić information content (AvgIpc) is 3.10. The van der Waals surface area contributed by atoms with Crippen LogP contribution in [-0.4, -0.2) is 49.2 Å². The maximum atomic E-state index is 12.8. The van der Waals surface area contributed by atoms with Crippen molar-refractivity contribution in [3.05, 3.63) is 64.5 Å². The Morgan fingerprint density at radius 2 is 2.00 bits per heavy atom. The molecule has 0 radical (unpaired) electrons. The summed E-state index contributed by atoms with van der Waals surface area (Å²) < 4.78 is 0. The number of benzene rings is 2. The van der Waals surface area contributed by atoms with E-state index in [1.165, 1.54) is 11.3 Å². The van der Waals surface area contributed by atoms with Gasteiger partial charge >= 0.3 is 0 Å². The Hall–Kier alpha value is -3.49. The molecule has 0 saturated heterocycles. The molecule has 0 spiro atoms. The van der Waals surface area contributed by atoms with Crippen LogP contribution in [0.3, 0.4) is 0 Å². The summed E-state index contributed by atoms with van der Waals surface area (Å²) in [5, 5.41) is 10.5. The van der Waals surface area contributed by atoms with Gasteiger partial charge < -0.3 is 16.0 Å². The Labute approximate surface area is 190 Å². The first-order chi connectivity index (χ1) is 15.4. The van der Waals surface area contributed by atoms with Crippen LogP contribution >= 0.6 is 11.3 Å². The predicted molar refractivity (Wildman–Crippen MR) is 135 cm³/mol. The molecule has 2 aromatic carbocycles. The number of pyridine rings is 1. The van der Waals surface area contributed by atoms with Crippen molar-refractivity contribution in [1.29, 1.82) is 0 Å². The maximum absolute atomic E-state index is 12.8. The number of fused-ring (bicyclic) bond motifs is 2. The molecule has 1 amide bonds. The SMILES string of the molecule is Cc1cc(NCCN(C)C)nc2sc(C(=O)N/N=C/c3cccc4ccccc34)c(N)c12. The van der Waals surface area contributed by atoms with E-state index in [0.717, 1.165) is 51.0 Å². The minimum Gasteiger partial charge on any atom is -0.397 e. The lowest BCUT2D eigenvalue weighted by molar-refractivity contribution is 0.0960. The van der Waals surface area contributed by atoms with Gasteiger partial charge in [0.2, 0.25) is 0 Å². The Morgan fingerprint density at radius 3 is 2.81 bits per heavy atom. The third-order valence-electron chi connectivity index (χ3n) is 5.16. The number of hydrazone groups is 1. The number of rotatable bonds is 7. The summed E-state index contributed by atoms with van der Waals surface area (Å²) in [5.74, 6) is 0.433. The molecule has 0 aliphatic carbocycles. The third-order valence-corrected chi connectivity index (χ3v) is 6.26. The van der Waals surface area contributed by atoms with Crippen molar-refractivity contribution in [1.82, 2.24) is 15.3 Å². The van der Waals surface area contributed by atoms with Crippen LogP contribution in [-0.2, 0) is 0 Å². The summed E-state index contributed by atoms with van der Waals surface area (Å²) in [6.45, 7) is 3.65. The second kappa shape index (κ2) is 9.33. The van der Waals surface area contributed by atoms with Gasteiger partial charge in [-0.15, -0.1) is 11.3 Å². The summed E-state index contributed by atoms with van der Waals surface area (Å²) in [4.78, 5) is 20.7. The summed E-state index contributed by atoms with van der Waals surface area (Å²) in [5.41, 5.74) is 11.3. The van der Waals surface area contributed by atoms with E-state index in [1.807, 2.05) is 69.6 Å². The fraction of sp³-hybridized carbons (Fsp3) is 0.208. The monoisotopic (exact) mass is 446 g/mol. The van der Waals surface area contributed by atoms with Gasteiger partial charge in [0, 0.05) is 24.0 Å². The number of hydrogen-bond donors (Lipinski definition) is 3. The Kier molecular flexibility index (Phi) is 6.34. The van der Waals surface area contributed by atoms with Crippen molar-refractivity contribution in [3.8, 4) is 0 Å². The second-order valence-corrected chi connectivity index (χ2v) is 8.85. The molecule has 2 heterocycles. The Balaban J connectivity index is 1.53. The first-order valence-corrected chi connectivity index (χ1v) is 11.1. The molecule has 0 unspecified atom stereocenters. The summed E-state index contributed by atoms with van der Waals surface area (Å²) >= 11 is 1.28. The van der Waals surface area contributed by atoms with Crippen molar-refractivity contribution in [2.75, 3.05) is 38.2 Å². The molecular weight excluding hydrogens is 420 g/mol. The van der Waals surface area contributed by atoms with E-state index < -0.39 is 0 Å². The molecule has 164 valence electrons. The van der Waals surface area contributed by atoms with Crippen molar-refractivity contribution in [2.24, 2.45) is 5.10 Å². The highest BCUT2D eigenvalue weighted by atomic mass is 32.1. The van der Waals surface area contributed by atoms with Gasteiger partial charge in [0.05, 0.1) is 11.9 Å².